The van der Waals surface area contributed by atoms with Gasteiger partial charge in [-0.3, -0.25) is 4.79 Å². The molecule has 0 aromatic heterocycles. The fraction of sp³-hybridized carbons (Fsp3) is 0.529. The van der Waals surface area contributed by atoms with Crippen LogP contribution in [0.5, 0.6) is 5.75 Å². The Balaban J connectivity index is 1.74. The van der Waals surface area contributed by atoms with E-state index in [0.717, 1.165) is 12.1 Å². The van der Waals surface area contributed by atoms with Crippen molar-refractivity contribution in [3.63, 3.8) is 0 Å². The maximum absolute atomic E-state index is 12.1. The number of aliphatic hydroxyl groups is 1. The number of ether oxygens (including phenoxy) is 1. The molecular weight excluding hydrogens is 369 g/mol. The van der Waals surface area contributed by atoms with Gasteiger partial charge < -0.3 is 25.6 Å². The molecule has 0 spiro atoms. The zero-order chi connectivity index (χ0) is 20.0. The second-order valence-electron chi connectivity index (χ2n) is 6.37. The molecule has 0 aliphatic heterocycles. The van der Waals surface area contributed by atoms with Crippen LogP contribution in [0.3, 0.4) is 0 Å². The Bertz CT molecular complexity index is 643. The summed E-state index contributed by atoms with van der Waals surface area (Å²) in [5.74, 6) is -1.61. The topological polar surface area (TPSA) is 108 Å². The number of carboxylic acid groups (broad SMARTS) is 1. The summed E-state index contributed by atoms with van der Waals surface area (Å²) in [6.45, 7) is -0.129. The van der Waals surface area contributed by atoms with Crippen molar-refractivity contribution in [2.45, 2.75) is 44.2 Å². The SMILES string of the molecule is O=C(NCC(O)c1ccc(OC(F)(F)F)cc1)NC1CCC(C(=O)O)CC1. The highest BCUT2D eigenvalue weighted by Gasteiger charge is 2.31. The van der Waals surface area contributed by atoms with E-state index in [0.29, 0.717) is 31.2 Å². The van der Waals surface area contributed by atoms with Crippen molar-refractivity contribution in [1.29, 1.82) is 0 Å². The molecule has 27 heavy (non-hydrogen) atoms. The van der Waals surface area contributed by atoms with Crippen molar-refractivity contribution in [3.8, 4) is 5.75 Å². The lowest BCUT2D eigenvalue weighted by molar-refractivity contribution is -0.274. The molecule has 1 fully saturated rings. The minimum Gasteiger partial charge on any atom is -0.481 e. The van der Waals surface area contributed by atoms with Crippen LogP contribution >= 0.6 is 0 Å². The summed E-state index contributed by atoms with van der Waals surface area (Å²) in [5.41, 5.74) is 0.326. The Morgan fingerprint density at radius 2 is 1.74 bits per heavy atom. The van der Waals surface area contributed by atoms with Gasteiger partial charge in [-0.1, -0.05) is 12.1 Å². The molecule has 4 N–H and O–H groups in total. The maximum Gasteiger partial charge on any atom is 0.573 e. The van der Waals surface area contributed by atoms with E-state index in [1.165, 1.54) is 12.1 Å². The van der Waals surface area contributed by atoms with Crippen LogP contribution in [-0.4, -0.2) is 41.2 Å². The van der Waals surface area contributed by atoms with Crippen molar-refractivity contribution in [1.82, 2.24) is 10.6 Å². The minimum atomic E-state index is -4.79. The number of carboxylic acids is 1. The van der Waals surface area contributed by atoms with Crippen LogP contribution in [-0.2, 0) is 4.79 Å². The number of benzene rings is 1. The Morgan fingerprint density at radius 1 is 1.15 bits per heavy atom. The second kappa shape index (κ2) is 8.94. The van der Waals surface area contributed by atoms with E-state index in [9.17, 15) is 27.9 Å². The quantitative estimate of drug-likeness (QED) is 0.597. The number of urea groups is 1. The number of aliphatic hydroxyl groups excluding tert-OH is 1. The number of hydrogen-bond donors (Lipinski definition) is 4. The lowest BCUT2D eigenvalue weighted by Crippen LogP contribution is -2.45. The van der Waals surface area contributed by atoms with Gasteiger partial charge in [-0.2, -0.15) is 0 Å². The standard InChI is InChI=1S/C17H21F3N2O5/c18-17(19,20)27-13-7-3-10(4-8-13)14(23)9-21-16(26)22-12-5-1-11(2-6-12)15(24)25/h3-4,7-8,11-12,14,23H,1-2,5-6,9H2,(H,24,25)(H2,21,22,26). The molecule has 1 atom stereocenters. The summed E-state index contributed by atoms with van der Waals surface area (Å²) in [5, 5.41) is 24.2. The van der Waals surface area contributed by atoms with Crippen LogP contribution < -0.4 is 15.4 Å². The molecular formula is C17H21F3N2O5. The second-order valence-corrected chi connectivity index (χ2v) is 6.37. The molecule has 2 rings (SSSR count). The number of nitrogens with one attached hydrogen (secondary N) is 2. The molecule has 0 heterocycles. The molecule has 1 aromatic rings. The first-order chi connectivity index (χ1) is 12.6. The summed E-state index contributed by atoms with van der Waals surface area (Å²) < 4.78 is 40.1. The average molecular weight is 390 g/mol. The Morgan fingerprint density at radius 3 is 2.26 bits per heavy atom. The molecule has 1 unspecified atom stereocenters. The van der Waals surface area contributed by atoms with Gasteiger partial charge in [-0.25, -0.2) is 4.79 Å². The monoisotopic (exact) mass is 390 g/mol. The lowest BCUT2D eigenvalue weighted by Gasteiger charge is -2.27. The van der Waals surface area contributed by atoms with Crippen LogP contribution in [0.25, 0.3) is 0 Å². The number of hydrogen-bond acceptors (Lipinski definition) is 4. The molecule has 1 aromatic carbocycles. The third-order valence-electron chi connectivity index (χ3n) is 4.37. The number of carbonyl (C=O) groups is 2. The zero-order valence-corrected chi connectivity index (χ0v) is 14.3. The Labute approximate surface area is 153 Å². The van der Waals surface area contributed by atoms with E-state index in [-0.39, 0.29) is 18.5 Å². The Kier molecular flexibility index (Phi) is 6.89. The number of rotatable bonds is 6. The predicted molar refractivity (Wildman–Crippen MR) is 88.0 cm³/mol. The summed E-state index contributed by atoms with van der Waals surface area (Å²) >= 11 is 0. The van der Waals surface area contributed by atoms with Gasteiger partial charge in [-0.15, -0.1) is 13.2 Å². The summed E-state index contributed by atoms with van der Waals surface area (Å²) in [4.78, 5) is 22.8. The molecule has 150 valence electrons. The van der Waals surface area contributed by atoms with Crippen molar-refractivity contribution in [2.24, 2.45) is 5.92 Å². The van der Waals surface area contributed by atoms with E-state index >= 15 is 0 Å². The highest BCUT2D eigenvalue weighted by Crippen LogP contribution is 2.25. The third-order valence-corrected chi connectivity index (χ3v) is 4.37. The van der Waals surface area contributed by atoms with E-state index in [1.807, 2.05) is 0 Å². The van der Waals surface area contributed by atoms with Crippen LogP contribution in [0.1, 0.15) is 37.4 Å². The summed E-state index contributed by atoms with van der Waals surface area (Å²) in [6, 6.07) is 4.08. The van der Waals surface area contributed by atoms with E-state index in [4.69, 9.17) is 5.11 Å². The van der Waals surface area contributed by atoms with Gasteiger partial charge in [0.15, 0.2) is 0 Å². The molecule has 0 bridgehead atoms. The molecule has 0 saturated heterocycles. The van der Waals surface area contributed by atoms with E-state index in [1.54, 1.807) is 0 Å². The normalized spacial score (nSPS) is 21.2. The smallest absolute Gasteiger partial charge is 0.481 e. The molecule has 1 saturated carbocycles. The van der Waals surface area contributed by atoms with Crippen LogP contribution in [0.15, 0.2) is 24.3 Å². The van der Waals surface area contributed by atoms with Gasteiger partial charge in [0.05, 0.1) is 12.0 Å². The van der Waals surface area contributed by atoms with E-state index < -0.39 is 30.2 Å². The summed E-state index contributed by atoms with van der Waals surface area (Å²) in [6.07, 6.45) is -3.77. The highest BCUT2D eigenvalue weighted by molar-refractivity contribution is 5.74. The first-order valence-corrected chi connectivity index (χ1v) is 8.45. The van der Waals surface area contributed by atoms with Gasteiger partial charge in [0, 0.05) is 12.6 Å². The number of halogens is 3. The summed E-state index contributed by atoms with van der Waals surface area (Å²) in [7, 11) is 0. The first kappa shape index (κ1) is 20.8. The van der Waals surface area contributed by atoms with Crippen molar-refractivity contribution in [3.05, 3.63) is 29.8 Å². The molecule has 1 aliphatic carbocycles. The van der Waals surface area contributed by atoms with Crippen molar-refractivity contribution >= 4 is 12.0 Å². The third kappa shape index (κ3) is 6.97. The molecule has 7 nitrogen and oxygen atoms in total. The molecule has 1 aliphatic rings. The predicted octanol–water partition coefficient (Wildman–Crippen LogP) is 2.56. The van der Waals surface area contributed by atoms with Gasteiger partial charge in [-0.05, 0) is 43.4 Å². The van der Waals surface area contributed by atoms with Gasteiger partial charge in [0.2, 0.25) is 0 Å². The number of alkyl halides is 3. The van der Waals surface area contributed by atoms with Crippen molar-refractivity contribution in [2.75, 3.05) is 6.54 Å². The largest absolute Gasteiger partial charge is 0.573 e. The average Bonchev–Trinajstić information content (AvgIpc) is 2.59. The van der Waals surface area contributed by atoms with Crippen LogP contribution in [0.2, 0.25) is 0 Å². The lowest BCUT2D eigenvalue weighted by atomic mass is 9.86. The molecule has 10 heteroatoms. The van der Waals surface area contributed by atoms with E-state index in [2.05, 4.69) is 15.4 Å². The van der Waals surface area contributed by atoms with Gasteiger partial charge >= 0.3 is 18.4 Å². The molecule has 2 amide bonds. The van der Waals surface area contributed by atoms with Crippen LogP contribution in [0.4, 0.5) is 18.0 Å². The fourth-order valence-corrected chi connectivity index (χ4v) is 2.92. The fourth-order valence-electron chi connectivity index (χ4n) is 2.92. The maximum atomic E-state index is 12.1. The van der Waals surface area contributed by atoms with Gasteiger partial charge in [0.1, 0.15) is 5.75 Å². The Hall–Kier alpha value is -2.49. The first-order valence-electron chi connectivity index (χ1n) is 8.45. The minimum absolute atomic E-state index is 0.128. The number of aliphatic carboxylic acids is 1. The highest BCUT2D eigenvalue weighted by atomic mass is 19.4. The molecule has 0 radical (unpaired) electrons. The van der Waals surface area contributed by atoms with Crippen LogP contribution in [0, 0.1) is 5.92 Å². The zero-order valence-electron chi connectivity index (χ0n) is 14.3. The van der Waals surface area contributed by atoms with Gasteiger partial charge in [0.25, 0.3) is 0 Å². The van der Waals surface area contributed by atoms with Crippen molar-refractivity contribution < 1.29 is 37.7 Å². The number of amides is 2. The number of carbonyl (C=O) groups excluding carboxylic acids is 1.